The van der Waals surface area contributed by atoms with Crippen LogP contribution in [0.3, 0.4) is 0 Å². The summed E-state index contributed by atoms with van der Waals surface area (Å²) in [5.41, 5.74) is 5.38. The summed E-state index contributed by atoms with van der Waals surface area (Å²) in [5.74, 6) is 0.599. The van der Waals surface area contributed by atoms with Gasteiger partial charge in [0.05, 0.1) is 13.1 Å². The van der Waals surface area contributed by atoms with Crippen molar-refractivity contribution < 1.29 is 10.2 Å². The highest BCUT2D eigenvalue weighted by Gasteiger charge is 2.29. The summed E-state index contributed by atoms with van der Waals surface area (Å²) in [4.78, 5) is 14.2. The van der Waals surface area contributed by atoms with Crippen LogP contribution in [0.1, 0.15) is 87.8 Å². The monoisotopic (exact) mass is 604 g/mol. The second kappa shape index (κ2) is 14.5. The van der Waals surface area contributed by atoms with E-state index in [1.165, 1.54) is 0 Å². The van der Waals surface area contributed by atoms with E-state index in [1.54, 1.807) is 12.4 Å². The molecular formula is C36H56N6O2. The number of nitrogens with zero attached hydrogens (tertiary/aromatic N) is 4. The summed E-state index contributed by atoms with van der Waals surface area (Å²) in [6, 6.07) is 8.76. The Balaban J connectivity index is 1.79. The van der Waals surface area contributed by atoms with Crippen molar-refractivity contribution in [1.29, 1.82) is 0 Å². The number of aliphatic imine (C=N–C) groups is 2. The van der Waals surface area contributed by atoms with Gasteiger partial charge in [-0.1, -0.05) is 12.1 Å². The second-order valence-corrected chi connectivity index (χ2v) is 14.5. The van der Waals surface area contributed by atoms with Crippen LogP contribution in [-0.2, 0) is 13.1 Å². The third kappa shape index (κ3) is 9.36. The van der Waals surface area contributed by atoms with E-state index >= 15 is 0 Å². The average molecular weight is 605 g/mol. The molecule has 4 atom stereocenters. The Morgan fingerprint density at radius 3 is 1.45 bits per heavy atom. The number of benzene rings is 2. The van der Waals surface area contributed by atoms with E-state index in [0.717, 1.165) is 72.4 Å². The van der Waals surface area contributed by atoms with E-state index in [-0.39, 0.29) is 23.2 Å². The first-order valence-corrected chi connectivity index (χ1v) is 16.4. The molecule has 0 amide bonds. The first kappa shape index (κ1) is 34.1. The molecule has 0 aromatic heterocycles. The van der Waals surface area contributed by atoms with E-state index < -0.39 is 0 Å². The third-order valence-corrected chi connectivity index (χ3v) is 9.15. The molecule has 0 saturated carbocycles. The van der Waals surface area contributed by atoms with E-state index in [2.05, 4.69) is 97.9 Å². The second-order valence-electron chi connectivity index (χ2n) is 14.5. The lowest BCUT2D eigenvalue weighted by Gasteiger charge is -2.40. The summed E-state index contributed by atoms with van der Waals surface area (Å²) in [6.45, 7) is 23.7. The average Bonchev–Trinajstić information content (AvgIpc) is 2.92. The Morgan fingerprint density at radius 1 is 0.682 bits per heavy atom. The molecule has 0 spiro atoms. The number of rotatable bonds is 0. The summed E-state index contributed by atoms with van der Waals surface area (Å²) >= 11 is 0. The molecule has 44 heavy (non-hydrogen) atoms. The lowest BCUT2D eigenvalue weighted by molar-refractivity contribution is 0.125. The van der Waals surface area contributed by atoms with Crippen LogP contribution >= 0.6 is 0 Å². The summed E-state index contributed by atoms with van der Waals surface area (Å²) in [5, 5.41) is 30.4. The molecule has 3 heterocycles. The quantitative estimate of drug-likeness (QED) is 0.331. The molecular weight excluding hydrogens is 548 g/mol. The van der Waals surface area contributed by atoms with E-state index in [0.29, 0.717) is 37.7 Å². The van der Waals surface area contributed by atoms with Crippen molar-refractivity contribution in [1.82, 2.24) is 20.4 Å². The number of fused-ring (bicyclic) bond motifs is 13. The number of hydrogen-bond acceptors (Lipinski definition) is 8. The molecule has 242 valence electrons. The smallest absolute Gasteiger partial charge is 0.128 e. The van der Waals surface area contributed by atoms with Gasteiger partial charge in [-0.15, -0.1) is 0 Å². The molecule has 8 nitrogen and oxygen atoms in total. The maximum atomic E-state index is 11.4. The van der Waals surface area contributed by atoms with Crippen LogP contribution in [0.15, 0.2) is 34.3 Å². The molecule has 6 bridgehead atoms. The van der Waals surface area contributed by atoms with Gasteiger partial charge in [-0.3, -0.25) is 19.8 Å². The van der Waals surface area contributed by atoms with Crippen LogP contribution in [0.25, 0.3) is 0 Å². The lowest BCUT2D eigenvalue weighted by Crippen LogP contribution is -2.53. The molecule has 5 rings (SSSR count). The third-order valence-electron chi connectivity index (χ3n) is 9.15. The Bertz CT molecular complexity index is 1230. The van der Waals surface area contributed by atoms with Crippen LogP contribution in [0.4, 0.5) is 0 Å². The van der Waals surface area contributed by atoms with Crippen molar-refractivity contribution in [2.45, 2.75) is 104 Å². The van der Waals surface area contributed by atoms with Gasteiger partial charge < -0.3 is 20.8 Å². The summed E-state index contributed by atoms with van der Waals surface area (Å²) in [6.07, 6.45) is 5.47. The molecule has 0 radical (unpaired) electrons. The topological polar surface area (TPSA) is 95.7 Å². The van der Waals surface area contributed by atoms with Gasteiger partial charge in [-0.25, -0.2) is 0 Å². The molecule has 0 aliphatic carbocycles. The van der Waals surface area contributed by atoms with E-state index in [9.17, 15) is 10.2 Å². The molecule has 8 heteroatoms. The van der Waals surface area contributed by atoms with Gasteiger partial charge in [0, 0.05) is 97.1 Å². The number of nitrogens with one attached hydrogen (secondary N) is 2. The van der Waals surface area contributed by atoms with Gasteiger partial charge in [0.15, 0.2) is 0 Å². The lowest BCUT2D eigenvalue weighted by atomic mass is 9.93. The number of aromatic hydroxyl groups is 2. The maximum absolute atomic E-state index is 11.4. The Kier molecular flexibility index (Phi) is 11.3. The number of hydrogen-bond donors (Lipinski definition) is 4. The molecule has 3 aliphatic rings. The summed E-state index contributed by atoms with van der Waals surface area (Å²) in [7, 11) is 0. The molecule has 4 N–H and O–H groups in total. The van der Waals surface area contributed by atoms with Crippen molar-refractivity contribution in [3.63, 3.8) is 0 Å². The molecule has 1 fully saturated rings. The number of phenolic OH excluding ortho intramolecular Hbond substituents is 2. The number of phenols is 2. The first-order valence-electron chi connectivity index (χ1n) is 16.4. The van der Waals surface area contributed by atoms with Crippen LogP contribution < -0.4 is 10.6 Å². The van der Waals surface area contributed by atoms with Gasteiger partial charge in [0.2, 0.25) is 0 Å². The minimum absolute atomic E-state index is 0.0814. The van der Waals surface area contributed by atoms with Crippen molar-refractivity contribution in [2.75, 3.05) is 39.3 Å². The molecule has 1 saturated heterocycles. The zero-order valence-electron chi connectivity index (χ0n) is 28.4. The van der Waals surface area contributed by atoms with Crippen molar-refractivity contribution in [3.05, 3.63) is 57.6 Å². The van der Waals surface area contributed by atoms with Crippen LogP contribution in [0.2, 0.25) is 0 Å². The Hall–Kier alpha value is -2.78. The van der Waals surface area contributed by atoms with Crippen LogP contribution in [-0.4, -0.2) is 94.9 Å². The molecule has 3 aliphatic heterocycles. The van der Waals surface area contributed by atoms with Gasteiger partial charge in [0.1, 0.15) is 11.5 Å². The highest BCUT2D eigenvalue weighted by molar-refractivity contribution is 5.85. The first-order chi connectivity index (χ1) is 20.7. The summed E-state index contributed by atoms with van der Waals surface area (Å²) < 4.78 is 0. The fourth-order valence-electron chi connectivity index (χ4n) is 6.95. The molecule has 2 aromatic rings. The maximum Gasteiger partial charge on any atom is 0.128 e. The van der Waals surface area contributed by atoms with Gasteiger partial charge in [-0.05, 0) is 91.5 Å². The van der Waals surface area contributed by atoms with Crippen molar-refractivity contribution in [2.24, 2.45) is 9.98 Å². The van der Waals surface area contributed by atoms with E-state index in [4.69, 9.17) is 0 Å². The minimum atomic E-state index is -0.0814. The zero-order valence-corrected chi connectivity index (χ0v) is 28.4. The highest BCUT2D eigenvalue weighted by atomic mass is 16.3. The zero-order chi connectivity index (χ0) is 32.1. The van der Waals surface area contributed by atoms with Gasteiger partial charge in [0.25, 0.3) is 0 Å². The standard InChI is InChI=1S/C36H56N6O2/c1-25-15-29-21-37-9-10-38-22-30-16-26(2)18-32(34(30)44)24-42-14-12-40-35(5,6)19-27(3)41(23-31(17-25)33(29)43)13-11-39-36(7,8)20-28(42)4/h15-18,21-22,27-28,39-40,43-44H,9-14,19-20,23-24H2,1-8H3. The minimum Gasteiger partial charge on any atom is -0.507 e. The largest absolute Gasteiger partial charge is 0.507 e. The Morgan fingerprint density at radius 2 is 1.07 bits per heavy atom. The SMILES string of the molecule is Cc1cc2c(O)c(c1)CN1CCNC(C)(C)CC(C)N(CCNC(C)(C)CC1C)Cc1cc(C)cc(c1O)C=NCCN=C2. The highest BCUT2D eigenvalue weighted by Crippen LogP contribution is 2.29. The Labute approximate surface area is 265 Å². The molecule has 2 aromatic carbocycles. The molecule has 4 unspecified atom stereocenters. The van der Waals surface area contributed by atoms with Crippen molar-refractivity contribution >= 4 is 12.4 Å². The predicted octanol–water partition coefficient (Wildman–Crippen LogP) is 5.18. The van der Waals surface area contributed by atoms with Gasteiger partial charge >= 0.3 is 0 Å². The van der Waals surface area contributed by atoms with E-state index in [1.807, 2.05) is 12.1 Å². The fourth-order valence-corrected chi connectivity index (χ4v) is 6.95. The normalized spacial score (nSPS) is 26.8. The number of aryl methyl sites for hydroxylation is 2. The van der Waals surface area contributed by atoms with Crippen molar-refractivity contribution in [3.8, 4) is 11.5 Å². The van der Waals surface area contributed by atoms with Crippen LogP contribution in [0.5, 0.6) is 11.5 Å². The predicted molar refractivity (Wildman–Crippen MR) is 184 cm³/mol. The fraction of sp³-hybridized carbons (Fsp3) is 0.611. The van der Waals surface area contributed by atoms with Gasteiger partial charge in [-0.2, -0.15) is 0 Å². The van der Waals surface area contributed by atoms with Crippen LogP contribution in [0, 0.1) is 13.8 Å².